The van der Waals surface area contributed by atoms with Crippen molar-refractivity contribution < 1.29 is 9.66 Å². The summed E-state index contributed by atoms with van der Waals surface area (Å²) in [4.78, 5) is 10.1. The molecule has 0 radical (unpaired) electrons. The minimum atomic E-state index is -0.449. The highest BCUT2D eigenvalue weighted by Gasteiger charge is 2.07. The van der Waals surface area contributed by atoms with E-state index in [2.05, 4.69) is 16.7 Å². The topological polar surface area (TPSA) is 57.3 Å². The first-order chi connectivity index (χ1) is 12.0. The second-order valence-corrected chi connectivity index (χ2v) is 6.01. The molecule has 0 aliphatic rings. The summed E-state index contributed by atoms with van der Waals surface area (Å²) in [7, 11) is 0. The van der Waals surface area contributed by atoms with Crippen LogP contribution in [0.15, 0.2) is 54.9 Å². The van der Waals surface area contributed by atoms with Crippen LogP contribution >= 0.6 is 0 Å². The Morgan fingerprint density at radius 3 is 2.80 bits per heavy atom. The van der Waals surface area contributed by atoms with Gasteiger partial charge in [0.25, 0.3) is 0 Å². The molecule has 2 aromatic carbocycles. The van der Waals surface area contributed by atoms with E-state index in [0.29, 0.717) is 13.2 Å². The Labute approximate surface area is 146 Å². The second-order valence-electron chi connectivity index (χ2n) is 6.01. The molecule has 5 heteroatoms. The lowest BCUT2D eigenvalue weighted by molar-refractivity contribution is -0.400. The van der Waals surface area contributed by atoms with E-state index in [0.717, 1.165) is 34.0 Å². The summed E-state index contributed by atoms with van der Waals surface area (Å²) in [6.45, 7) is 5.27. The summed E-state index contributed by atoms with van der Waals surface area (Å²) < 4.78 is 8.00. The zero-order valence-electron chi connectivity index (χ0n) is 14.3. The molecule has 0 spiro atoms. The Kier molecular flexibility index (Phi) is 4.84. The van der Waals surface area contributed by atoms with Crippen LogP contribution in [0.5, 0.6) is 5.75 Å². The Bertz CT molecular complexity index is 941. The minimum Gasteiger partial charge on any atom is -0.491 e. The van der Waals surface area contributed by atoms with Crippen molar-refractivity contribution in [3.05, 3.63) is 81.7 Å². The van der Waals surface area contributed by atoms with Crippen molar-refractivity contribution in [3.63, 3.8) is 0 Å². The van der Waals surface area contributed by atoms with Gasteiger partial charge in [0.05, 0.1) is 11.5 Å². The zero-order chi connectivity index (χ0) is 17.8. The third-order valence-electron chi connectivity index (χ3n) is 4.13. The largest absolute Gasteiger partial charge is 0.491 e. The first kappa shape index (κ1) is 16.8. The predicted octanol–water partition coefficient (Wildman–Crippen LogP) is 4.58. The highest BCUT2D eigenvalue weighted by Crippen LogP contribution is 2.23. The predicted molar refractivity (Wildman–Crippen MR) is 99.4 cm³/mol. The summed E-state index contributed by atoms with van der Waals surface area (Å²) in [5.74, 6) is 0.893. The van der Waals surface area contributed by atoms with Crippen molar-refractivity contribution in [2.24, 2.45) is 0 Å². The SMILES string of the molecule is Cc1ccc(C)c(OCCn2cc(/C=C/[N+](=O)[O-])c3ccccc32)c1. The number of benzene rings is 2. The molecule has 25 heavy (non-hydrogen) atoms. The van der Waals surface area contributed by atoms with Crippen molar-refractivity contribution in [2.75, 3.05) is 6.61 Å². The van der Waals surface area contributed by atoms with Crippen molar-refractivity contribution >= 4 is 17.0 Å². The first-order valence-corrected chi connectivity index (χ1v) is 8.14. The summed E-state index contributed by atoms with van der Waals surface area (Å²) in [5, 5.41) is 11.6. The van der Waals surface area contributed by atoms with E-state index in [1.54, 1.807) is 0 Å². The van der Waals surface area contributed by atoms with Gasteiger partial charge in [-0.2, -0.15) is 0 Å². The monoisotopic (exact) mass is 336 g/mol. The standard InChI is InChI=1S/C20H20N2O3/c1-15-7-8-16(2)20(13-15)25-12-11-21-14-17(9-10-22(23)24)18-5-3-4-6-19(18)21/h3-10,13-14H,11-12H2,1-2H3/b10-9+. The minimum absolute atomic E-state index is 0.449. The number of para-hydroxylation sites is 1. The quantitative estimate of drug-likeness (QED) is 0.489. The Hall–Kier alpha value is -3.08. The zero-order valence-corrected chi connectivity index (χ0v) is 14.3. The summed E-state index contributed by atoms with van der Waals surface area (Å²) >= 11 is 0. The van der Waals surface area contributed by atoms with E-state index >= 15 is 0 Å². The van der Waals surface area contributed by atoms with Gasteiger partial charge >= 0.3 is 0 Å². The smallest absolute Gasteiger partial charge is 0.235 e. The first-order valence-electron chi connectivity index (χ1n) is 8.14. The number of hydrogen-bond donors (Lipinski definition) is 0. The number of aryl methyl sites for hydroxylation is 2. The highest BCUT2D eigenvalue weighted by atomic mass is 16.6. The summed E-state index contributed by atoms with van der Waals surface area (Å²) in [6, 6.07) is 14.0. The Morgan fingerprint density at radius 1 is 1.20 bits per heavy atom. The van der Waals surface area contributed by atoms with Crippen LogP contribution in [0, 0.1) is 24.0 Å². The van der Waals surface area contributed by atoms with Gasteiger partial charge in [-0.1, -0.05) is 30.3 Å². The van der Waals surface area contributed by atoms with Gasteiger partial charge in [-0.25, -0.2) is 0 Å². The fourth-order valence-corrected chi connectivity index (χ4v) is 2.85. The molecular weight excluding hydrogens is 316 g/mol. The molecule has 0 N–H and O–H groups in total. The molecule has 0 saturated carbocycles. The maximum absolute atomic E-state index is 10.6. The van der Waals surface area contributed by atoms with Crippen molar-refractivity contribution in [1.29, 1.82) is 0 Å². The van der Waals surface area contributed by atoms with E-state index in [1.165, 1.54) is 11.6 Å². The van der Waals surface area contributed by atoms with E-state index < -0.39 is 4.92 Å². The summed E-state index contributed by atoms with van der Waals surface area (Å²) in [5.41, 5.74) is 4.14. The third-order valence-corrected chi connectivity index (χ3v) is 4.13. The van der Waals surface area contributed by atoms with Gasteiger partial charge in [-0.15, -0.1) is 0 Å². The Balaban J connectivity index is 1.79. The van der Waals surface area contributed by atoms with Crippen LogP contribution in [0.25, 0.3) is 17.0 Å². The van der Waals surface area contributed by atoms with Gasteiger partial charge in [0.1, 0.15) is 12.4 Å². The van der Waals surface area contributed by atoms with Crippen molar-refractivity contribution in [1.82, 2.24) is 4.57 Å². The molecule has 0 unspecified atom stereocenters. The van der Waals surface area contributed by atoms with Gasteiger partial charge in [-0.05, 0) is 37.1 Å². The molecule has 5 nitrogen and oxygen atoms in total. The van der Waals surface area contributed by atoms with E-state index in [9.17, 15) is 10.1 Å². The summed E-state index contributed by atoms with van der Waals surface area (Å²) in [6.07, 6.45) is 4.43. The third kappa shape index (κ3) is 3.88. The molecule has 0 aliphatic carbocycles. The van der Waals surface area contributed by atoms with Gasteiger partial charge in [0, 0.05) is 28.7 Å². The number of nitro groups is 1. The van der Waals surface area contributed by atoms with Gasteiger partial charge < -0.3 is 9.30 Å². The number of hydrogen-bond acceptors (Lipinski definition) is 3. The average Bonchev–Trinajstić information content (AvgIpc) is 2.94. The average molecular weight is 336 g/mol. The fraction of sp³-hybridized carbons (Fsp3) is 0.200. The van der Waals surface area contributed by atoms with Crippen molar-refractivity contribution in [3.8, 4) is 5.75 Å². The van der Waals surface area contributed by atoms with Crippen LogP contribution in [0.4, 0.5) is 0 Å². The molecule has 3 rings (SSSR count). The van der Waals surface area contributed by atoms with E-state index in [-0.39, 0.29) is 0 Å². The number of ether oxygens (including phenoxy) is 1. The lowest BCUT2D eigenvalue weighted by Crippen LogP contribution is -2.08. The second kappa shape index (κ2) is 7.21. The lowest BCUT2D eigenvalue weighted by Gasteiger charge is -2.11. The van der Waals surface area contributed by atoms with Gasteiger partial charge in [-0.3, -0.25) is 10.1 Å². The van der Waals surface area contributed by atoms with Crippen LogP contribution in [-0.4, -0.2) is 16.1 Å². The molecule has 0 saturated heterocycles. The van der Waals surface area contributed by atoms with Crippen LogP contribution in [0.2, 0.25) is 0 Å². The molecule has 0 fully saturated rings. The van der Waals surface area contributed by atoms with Crippen LogP contribution < -0.4 is 4.74 Å². The fourth-order valence-electron chi connectivity index (χ4n) is 2.85. The molecular formula is C20H20N2O3. The van der Waals surface area contributed by atoms with E-state index in [1.807, 2.05) is 50.4 Å². The van der Waals surface area contributed by atoms with Gasteiger partial charge in [0.15, 0.2) is 0 Å². The molecule has 0 bridgehead atoms. The molecule has 1 heterocycles. The number of fused-ring (bicyclic) bond motifs is 1. The van der Waals surface area contributed by atoms with Gasteiger partial charge in [0.2, 0.25) is 6.20 Å². The number of aromatic nitrogens is 1. The molecule has 0 amide bonds. The van der Waals surface area contributed by atoms with Crippen LogP contribution in [-0.2, 0) is 6.54 Å². The molecule has 1 aromatic heterocycles. The maximum atomic E-state index is 10.6. The van der Waals surface area contributed by atoms with E-state index in [4.69, 9.17) is 4.74 Å². The number of nitrogens with zero attached hydrogens (tertiary/aromatic N) is 2. The van der Waals surface area contributed by atoms with Crippen molar-refractivity contribution in [2.45, 2.75) is 20.4 Å². The lowest BCUT2D eigenvalue weighted by atomic mass is 10.1. The number of rotatable bonds is 6. The highest BCUT2D eigenvalue weighted by molar-refractivity contribution is 5.89. The molecule has 0 atom stereocenters. The molecule has 3 aromatic rings. The molecule has 0 aliphatic heterocycles. The van der Waals surface area contributed by atoms with Crippen LogP contribution in [0.3, 0.4) is 0 Å². The Morgan fingerprint density at radius 2 is 2.00 bits per heavy atom. The normalized spacial score (nSPS) is 11.3. The maximum Gasteiger partial charge on any atom is 0.235 e. The molecule has 128 valence electrons. The van der Waals surface area contributed by atoms with Crippen LogP contribution in [0.1, 0.15) is 16.7 Å².